The third-order valence-electron chi connectivity index (χ3n) is 6.80. The van der Waals surface area contributed by atoms with Crippen LogP contribution in [0.1, 0.15) is 36.3 Å². The van der Waals surface area contributed by atoms with Gasteiger partial charge in [0.1, 0.15) is 17.9 Å². The van der Waals surface area contributed by atoms with E-state index in [0.29, 0.717) is 13.0 Å². The maximum Gasteiger partial charge on any atom is 0.330 e. The van der Waals surface area contributed by atoms with Gasteiger partial charge in [-0.25, -0.2) is 4.79 Å². The van der Waals surface area contributed by atoms with Crippen LogP contribution in [0, 0.1) is 0 Å². The minimum absolute atomic E-state index is 0.207. The maximum atomic E-state index is 12.6. The quantitative estimate of drug-likeness (QED) is 0.283. The van der Waals surface area contributed by atoms with Crippen LogP contribution in [0.5, 0.6) is 0 Å². The Morgan fingerprint density at radius 3 is 1.95 bits per heavy atom. The first-order valence-electron chi connectivity index (χ1n) is 12.6. The second-order valence-corrected chi connectivity index (χ2v) is 9.95. The van der Waals surface area contributed by atoms with E-state index in [2.05, 4.69) is 57.3 Å². The van der Waals surface area contributed by atoms with Crippen molar-refractivity contribution in [3.05, 3.63) is 139 Å². The number of nitrogens with zero attached hydrogens (tertiary/aromatic N) is 1. The van der Waals surface area contributed by atoms with E-state index in [9.17, 15) is 9.59 Å². The minimum Gasteiger partial charge on any atom is -0.376 e. The number of nitrogens with one attached hydrogen (secondary N) is 1. The zero-order chi connectivity index (χ0) is 26.5. The van der Waals surface area contributed by atoms with E-state index in [1.54, 1.807) is 0 Å². The predicted octanol–water partition coefficient (Wildman–Crippen LogP) is 5.00. The van der Waals surface area contributed by atoms with Gasteiger partial charge < -0.3 is 14.2 Å². The highest BCUT2D eigenvalue weighted by molar-refractivity contribution is 9.10. The summed E-state index contributed by atoms with van der Waals surface area (Å²) in [4.78, 5) is 26.7. The third-order valence-corrected chi connectivity index (χ3v) is 7.37. The molecule has 2 heterocycles. The Morgan fingerprint density at radius 1 is 0.921 bits per heavy atom. The molecular formula is C30H29BrN2O5. The molecule has 3 aromatic carbocycles. The number of aromatic amines is 1. The fourth-order valence-electron chi connectivity index (χ4n) is 5.06. The normalized spacial score (nSPS) is 19.5. The third kappa shape index (κ3) is 5.17. The van der Waals surface area contributed by atoms with Gasteiger partial charge in [-0.1, -0.05) is 91.0 Å². The van der Waals surface area contributed by atoms with Crippen molar-refractivity contribution in [3.63, 3.8) is 0 Å². The molecule has 4 aromatic rings. The molecule has 1 saturated heterocycles. The number of rotatable bonds is 9. The van der Waals surface area contributed by atoms with Crippen LogP contribution in [0.3, 0.4) is 0 Å². The van der Waals surface area contributed by atoms with Crippen molar-refractivity contribution in [1.82, 2.24) is 9.55 Å². The Bertz CT molecular complexity index is 1360. The van der Waals surface area contributed by atoms with Crippen LogP contribution >= 0.6 is 15.9 Å². The lowest BCUT2D eigenvalue weighted by Crippen LogP contribution is -2.38. The molecule has 5 rings (SSSR count). The van der Waals surface area contributed by atoms with Crippen molar-refractivity contribution >= 4 is 15.9 Å². The van der Waals surface area contributed by atoms with Crippen LogP contribution < -0.4 is 11.2 Å². The van der Waals surface area contributed by atoms with Crippen LogP contribution in [0.4, 0.5) is 0 Å². The van der Waals surface area contributed by atoms with Gasteiger partial charge in [0.15, 0.2) is 0 Å². The zero-order valence-electron chi connectivity index (χ0n) is 21.0. The molecule has 0 aliphatic carbocycles. The summed E-state index contributed by atoms with van der Waals surface area (Å²) < 4.78 is 21.0. The molecule has 0 unspecified atom stereocenters. The van der Waals surface area contributed by atoms with Crippen LogP contribution in [-0.2, 0) is 19.8 Å². The Labute approximate surface area is 229 Å². The van der Waals surface area contributed by atoms with Crippen molar-refractivity contribution in [1.29, 1.82) is 0 Å². The average molecular weight is 577 g/mol. The average Bonchev–Trinajstić information content (AvgIpc) is 3.35. The van der Waals surface area contributed by atoms with Crippen LogP contribution in [-0.4, -0.2) is 35.0 Å². The minimum atomic E-state index is -0.903. The van der Waals surface area contributed by atoms with Gasteiger partial charge in [-0.2, -0.15) is 0 Å². The molecule has 1 fully saturated rings. The topological polar surface area (TPSA) is 82.6 Å². The van der Waals surface area contributed by atoms with Crippen LogP contribution in [0.2, 0.25) is 0 Å². The Morgan fingerprint density at radius 2 is 1.45 bits per heavy atom. The molecule has 1 aliphatic heterocycles. The molecule has 0 spiro atoms. The number of H-pyrrole nitrogens is 1. The first-order chi connectivity index (χ1) is 18.5. The van der Waals surface area contributed by atoms with E-state index in [0.717, 1.165) is 16.7 Å². The molecule has 8 heteroatoms. The molecule has 1 aliphatic rings. The summed E-state index contributed by atoms with van der Waals surface area (Å²) in [6, 6.07) is 30.4. The lowest BCUT2D eigenvalue weighted by atomic mass is 9.80. The van der Waals surface area contributed by atoms with E-state index in [4.69, 9.17) is 14.2 Å². The number of halogens is 1. The number of ether oxygens (including phenoxy) is 3. The summed E-state index contributed by atoms with van der Waals surface area (Å²) >= 11 is 3.21. The highest BCUT2D eigenvalue weighted by Gasteiger charge is 2.42. The SMILES string of the molecule is CCO[C@H]1C[C@H](n2cc(Br)c(=O)[nH]c2=O)O[C@@H]1COC(c1ccccc1)(c1ccccc1)c1ccccc1. The molecule has 0 saturated carbocycles. The molecule has 0 bridgehead atoms. The largest absolute Gasteiger partial charge is 0.376 e. The summed E-state index contributed by atoms with van der Waals surface area (Å²) in [6.07, 6.45) is 0.534. The van der Waals surface area contributed by atoms with E-state index >= 15 is 0 Å². The van der Waals surface area contributed by atoms with Crippen LogP contribution in [0.15, 0.2) is 111 Å². The van der Waals surface area contributed by atoms with Crippen molar-refractivity contribution < 1.29 is 14.2 Å². The van der Waals surface area contributed by atoms with Gasteiger partial charge in [0, 0.05) is 19.2 Å². The number of hydrogen-bond acceptors (Lipinski definition) is 5. The van der Waals surface area contributed by atoms with E-state index in [1.807, 2.05) is 61.5 Å². The molecule has 3 atom stereocenters. The van der Waals surface area contributed by atoms with Gasteiger partial charge in [-0.15, -0.1) is 0 Å². The van der Waals surface area contributed by atoms with Gasteiger partial charge in [-0.05, 0) is 39.5 Å². The molecule has 7 nitrogen and oxygen atoms in total. The van der Waals surface area contributed by atoms with Crippen molar-refractivity contribution in [2.75, 3.05) is 13.2 Å². The predicted molar refractivity (Wildman–Crippen MR) is 148 cm³/mol. The first-order valence-corrected chi connectivity index (χ1v) is 13.4. The summed E-state index contributed by atoms with van der Waals surface area (Å²) in [5.41, 5.74) is 1.04. The highest BCUT2D eigenvalue weighted by atomic mass is 79.9. The number of hydrogen-bond donors (Lipinski definition) is 1. The molecular weight excluding hydrogens is 548 g/mol. The summed E-state index contributed by atoms with van der Waals surface area (Å²) in [5, 5.41) is 0. The van der Waals surface area contributed by atoms with E-state index in [1.165, 1.54) is 10.8 Å². The van der Waals surface area contributed by atoms with Crippen molar-refractivity contribution in [2.45, 2.75) is 37.4 Å². The standard InChI is InChI=1S/C30H29BrN2O5/c1-2-36-25-18-27(33-19-24(31)28(34)32-29(33)35)38-26(25)20-37-30(21-12-6-3-7-13-21,22-14-8-4-9-15-22)23-16-10-5-11-17-23/h3-17,19,25-27H,2,18,20H2,1H3,(H,32,34,35)/t25-,26+,27+/m0/s1. The fourth-order valence-corrected chi connectivity index (χ4v) is 5.38. The summed E-state index contributed by atoms with van der Waals surface area (Å²) in [5.74, 6) is 0. The van der Waals surface area contributed by atoms with E-state index < -0.39 is 29.2 Å². The van der Waals surface area contributed by atoms with Crippen molar-refractivity contribution in [2.24, 2.45) is 0 Å². The molecule has 1 N–H and O–H groups in total. The van der Waals surface area contributed by atoms with E-state index in [-0.39, 0.29) is 17.2 Å². The highest BCUT2D eigenvalue weighted by Crippen LogP contribution is 2.41. The molecule has 1 aromatic heterocycles. The molecule has 38 heavy (non-hydrogen) atoms. The maximum absolute atomic E-state index is 12.6. The molecule has 196 valence electrons. The Balaban J connectivity index is 1.53. The van der Waals surface area contributed by atoms with Gasteiger partial charge >= 0.3 is 5.69 Å². The summed E-state index contributed by atoms with van der Waals surface area (Å²) in [7, 11) is 0. The Hall–Kier alpha value is -3.30. The lowest BCUT2D eigenvalue weighted by molar-refractivity contribution is -0.103. The number of benzene rings is 3. The molecule has 0 amide bonds. The fraction of sp³-hybridized carbons (Fsp3) is 0.267. The van der Waals surface area contributed by atoms with Gasteiger partial charge in [0.25, 0.3) is 5.56 Å². The summed E-state index contributed by atoms with van der Waals surface area (Å²) in [6.45, 7) is 2.62. The lowest BCUT2D eigenvalue weighted by Gasteiger charge is -2.37. The smallest absolute Gasteiger partial charge is 0.330 e. The molecule has 0 radical (unpaired) electrons. The first kappa shape index (κ1) is 26.3. The zero-order valence-corrected chi connectivity index (χ0v) is 22.5. The number of aromatic nitrogens is 2. The van der Waals surface area contributed by atoms with Gasteiger partial charge in [0.2, 0.25) is 0 Å². The monoisotopic (exact) mass is 576 g/mol. The second kappa shape index (κ2) is 11.6. The van der Waals surface area contributed by atoms with Gasteiger partial charge in [0.05, 0.1) is 17.2 Å². The van der Waals surface area contributed by atoms with Crippen molar-refractivity contribution in [3.8, 4) is 0 Å². The Kier molecular flexibility index (Phi) is 8.04. The van der Waals surface area contributed by atoms with Gasteiger partial charge in [-0.3, -0.25) is 14.3 Å². The second-order valence-electron chi connectivity index (χ2n) is 9.09. The van der Waals surface area contributed by atoms with Crippen LogP contribution in [0.25, 0.3) is 0 Å².